The molecule has 48 heavy (non-hydrogen) atoms. The van der Waals surface area contributed by atoms with Gasteiger partial charge in [-0.25, -0.2) is 4.99 Å². The van der Waals surface area contributed by atoms with E-state index in [4.69, 9.17) is 9.41 Å². The minimum Gasteiger partial charge on any atom is -0.460 e. The van der Waals surface area contributed by atoms with E-state index in [-0.39, 0.29) is 5.92 Å². The first-order valence-electron chi connectivity index (χ1n) is 17.1. The Kier molecular flexibility index (Phi) is 5.96. The molecule has 3 aliphatic rings. The number of allylic oxidation sites excluding steroid dienone is 6. The quantitative estimate of drug-likeness (QED) is 0.190. The number of furan rings is 1. The Labute approximate surface area is 279 Å². The first-order valence-corrected chi connectivity index (χ1v) is 17.1. The molecule has 0 fully saturated rings. The molecule has 2 aromatic heterocycles. The monoisotopic (exact) mass is 618 g/mol. The van der Waals surface area contributed by atoms with Crippen molar-refractivity contribution in [3.8, 4) is 0 Å². The van der Waals surface area contributed by atoms with Gasteiger partial charge in [-0.3, -0.25) is 0 Å². The van der Waals surface area contributed by atoms with Crippen molar-refractivity contribution < 1.29 is 4.42 Å². The van der Waals surface area contributed by atoms with Crippen LogP contribution in [-0.2, 0) is 6.42 Å². The Hall–Kier alpha value is -5.67. The maximum atomic E-state index is 6.63. The molecule has 2 aliphatic carbocycles. The average molecular weight is 619 g/mol. The second-order valence-corrected chi connectivity index (χ2v) is 13.5. The standard InChI is InChI=1S/C45H34N2O/c1-27-22-23-36(42-35-17-8-10-21-41(35)48-45(27)42)44-39(20-11-18-32-28(2)24-31-14-5-6-15-33(31)43(32)46-44)47-38-19-9-7-16-34(38)37-25-29-12-3-4-13-30(29)26-40(37)47/h3-10,12-17,19-21,23,25-27H,2,11,18,22,24H2,1H3/b39-20+,46-44-. The predicted molar refractivity (Wildman–Crippen MR) is 201 cm³/mol. The molecule has 5 aromatic carbocycles. The number of aliphatic imine (C=N–C) groups is 1. The first kappa shape index (κ1) is 27.4. The van der Waals surface area contributed by atoms with Gasteiger partial charge in [0.1, 0.15) is 11.3 Å². The molecule has 230 valence electrons. The normalized spacial score (nSPS) is 20.1. The summed E-state index contributed by atoms with van der Waals surface area (Å²) < 4.78 is 9.10. The highest BCUT2D eigenvalue weighted by Crippen LogP contribution is 2.47. The molecule has 0 saturated heterocycles. The topological polar surface area (TPSA) is 30.4 Å². The second-order valence-electron chi connectivity index (χ2n) is 13.5. The van der Waals surface area contributed by atoms with E-state index in [1.54, 1.807) is 0 Å². The van der Waals surface area contributed by atoms with Crippen LogP contribution in [-0.4, -0.2) is 10.3 Å². The number of nitrogens with zero attached hydrogens (tertiary/aromatic N) is 2. The van der Waals surface area contributed by atoms with Crippen molar-refractivity contribution >= 4 is 66.2 Å². The third kappa shape index (κ3) is 3.97. The smallest absolute Gasteiger partial charge is 0.134 e. The van der Waals surface area contributed by atoms with Crippen LogP contribution in [0.2, 0.25) is 0 Å². The van der Waals surface area contributed by atoms with Crippen LogP contribution in [0.3, 0.4) is 0 Å². The molecule has 0 bridgehead atoms. The zero-order chi connectivity index (χ0) is 31.9. The SMILES string of the molecule is C=C1Cc2ccccc2C2=C1CC/C=C(n1c3ccccc3c3cc4ccccc4cc31)\C(C1=CCC(C)c3oc4ccccc4c31)=N/2. The van der Waals surface area contributed by atoms with E-state index in [1.165, 1.54) is 60.4 Å². The molecule has 10 rings (SSSR count). The molecule has 3 nitrogen and oxygen atoms in total. The highest BCUT2D eigenvalue weighted by molar-refractivity contribution is 6.45. The molecule has 0 spiro atoms. The van der Waals surface area contributed by atoms with Gasteiger partial charge < -0.3 is 8.98 Å². The fraction of sp³-hybridized carbons (Fsp3) is 0.133. The highest BCUT2D eigenvalue weighted by atomic mass is 16.3. The largest absolute Gasteiger partial charge is 0.460 e. The van der Waals surface area contributed by atoms with Gasteiger partial charge in [-0.1, -0.05) is 111 Å². The van der Waals surface area contributed by atoms with Crippen LogP contribution in [0.5, 0.6) is 0 Å². The molecule has 0 amide bonds. The van der Waals surface area contributed by atoms with Crippen LogP contribution in [0.15, 0.2) is 148 Å². The summed E-state index contributed by atoms with van der Waals surface area (Å²) in [5.41, 5.74) is 13.8. The molecular weight excluding hydrogens is 585 g/mol. The van der Waals surface area contributed by atoms with Crippen molar-refractivity contribution in [3.63, 3.8) is 0 Å². The van der Waals surface area contributed by atoms with E-state index in [0.717, 1.165) is 65.1 Å². The average Bonchev–Trinajstić information content (AvgIpc) is 3.65. The third-order valence-corrected chi connectivity index (χ3v) is 10.6. The van der Waals surface area contributed by atoms with Crippen LogP contribution >= 0.6 is 0 Å². The zero-order valence-corrected chi connectivity index (χ0v) is 27.0. The van der Waals surface area contributed by atoms with Gasteiger partial charge in [-0.05, 0) is 77.4 Å². The molecule has 0 N–H and O–H groups in total. The van der Waals surface area contributed by atoms with E-state index in [0.29, 0.717) is 0 Å². The molecule has 7 aromatic rings. The van der Waals surface area contributed by atoms with Gasteiger partial charge in [0.2, 0.25) is 0 Å². The van der Waals surface area contributed by atoms with Crippen molar-refractivity contribution in [2.24, 2.45) is 4.99 Å². The predicted octanol–water partition coefficient (Wildman–Crippen LogP) is 11.9. The summed E-state index contributed by atoms with van der Waals surface area (Å²) >= 11 is 0. The number of fused-ring (bicyclic) bond motifs is 9. The van der Waals surface area contributed by atoms with E-state index >= 15 is 0 Å². The second kappa shape index (κ2) is 10.4. The lowest BCUT2D eigenvalue weighted by atomic mass is 9.82. The summed E-state index contributed by atoms with van der Waals surface area (Å²) in [5, 5.41) is 6.13. The lowest BCUT2D eigenvalue weighted by Gasteiger charge is -2.28. The summed E-state index contributed by atoms with van der Waals surface area (Å²) in [6, 6.07) is 39.4. The van der Waals surface area contributed by atoms with Gasteiger partial charge in [0.05, 0.1) is 28.1 Å². The zero-order valence-electron chi connectivity index (χ0n) is 27.0. The summed E-state index contributed by atoms with van der Waals surface area (Å²) in [6.07, 6.45) is 8.39. The Morgan fingerprint density at radius 2 is 1.52 bits per heavy atom. The molecule has 3 heterocycles. The van der Waals surface area contributed by atoms with Crippen LogP contribution in [0, 0.1) is 0 Å². The molecule has 1 unspecified atom stereocenters. The summed E-state index contributed by atoms with van der Waals surface area (Å²) in [6.45, 7) is 6.85. The van der Waals surface area contributed by atoms with E-state index in [2.05, 4.69) is 139 Å². The molecular formula is C45H34N2O. The number of rotatable bonds is 2. The van der Waals surface area contributed by atoms with Crippen molar-refractivity contribution in [2.75, 3.05) is 0 Å². The van der Waals surface area contributed by atoms with Crippen LogP contribution in [0.4, 0.5) is 0 Å². The number of para-hydroxylation sites is 2. The Morgan fingerprint density at radius 3 is 2.42 bits per heavy atom. The van der Waals surface area contributed by atoms with E-state index in [9.17, 15) is 0 Å². The third-order valence-electron chi connectivity index (χ3n) is 10.6. The minimum absolute atomic E-state index is 0.280. The van der Waals surface area contributed by atoms with Gasteiger partial charge in [0, 0.05) is 38.8 Å². The van der Waals surface area contributed by atoms with Gasteiger partial charge >= 0.3 is 0 Å². The number of aromatic nitrogens is 1. The minimum atomic E-state index is 0.280. The van der Waals surface area contributed by atoms with Crippen molar-refractivity contribution in [3.05, 3.63) is 162 Å². The summed E-state index contributed by atoms with van der Waals surface area (Å²) in [7, 11) is 0. The van der Waals surface area contributed by atoms with Gasteiger partial charge in [-0.15, -0.1) is 0 Å². The fourth-order valence-corrected chi connectivity index (χ4v) is 8.33. The Bertz CT molecular complexity index is 2650. The van der Waals surface area contributed by atoms with Gasteiger partial charge in [0.25, 0.3) is 0 Å². The summed E-state index contributed by atoms with van der Waals surface area (Å²) in [4.78, 5) is 5.83. The van der Waals surface area contributed by atoms with Crippen molar-refractivity contribution in [1.82, 2.24) is 4.57 Å². The summed E-state index contributed by atoms with van der Waals surface area (Å²) in [5.74, 6) is 1.33. The maximum absolute atomic E-state index is 6.63. The van der Waals surface area contributed by atoms with Crippen LogP contribution in [0.1, 0.15) is 54.6 Å². The first-order chi connectivity index (χ1) is 23.6. The van der Waals surface area contributed by atoms with Crippen LogP contribution in [0.25, 0.3) is 60.5 Å². The Balaban J connectivity index is 1.32. The molecule has 3 heteroatoms. The van der Waals surface area contributed by atoms with Crippen molar-refractivity contribution in [2.45, 2.75) is 38.5 Å². The highest BCUT2D eigenvalue weighted by Gasteiger charge is 2.32. The number of hydrogen-bond donors (Lipinski definition) is 0. The lowest BCUT2D eigenvalue weighted by Crippen LogP contribution is -2.18. The number of benzene rings is 5. The Morgan fingerprint density at radius 1 is 0.771 bits per heavy atom. The molecule has 0 saturated carbocycles. The van der Waals surface area contributed by atoms with Gasteiger partial charge in [-0.2, -0.15) is 0 Å². The molecule has 0 radical (unpaired) electrons. The van der Waals surface area contributed by atoms with E-state index < -0.39 is 0 Å². The lowest BCUT2D eigenvalue weighted by molar-refractivity contribution is 0.503. The molecule has 1 atom stereocenters. The van der Waals surface area contributed by atoms with Crippen LogP contribution < -0.4 is 0 Å². The number of hydrogen-bond acceptors (Lipinski definition) is 2. The maximum Gasteiger partial charge on any atom is 0.134 e. The van der Waals surface area contributed by atoms with Crippen molar-refractivity contribution in [1.29, 1.82) is 0 Å². The molecule has 1 aliphatic heterocycles. The van der Waals surface area contributed by atoms with E-state index in [1.807, 2.05) is 0 Å². The fourth-order valence-electron chi connectivity index (χ4n) is 8.33. The van der Waals surface area contributed by atoms with Gasteiger partial charge in [0.15, 0.2) is 0 Å².